The van der Waals surface area contributed by atoms with Crippen molar-refractivity contribution in [3.63, 3.8) is 0 Å². The second-order valence-corrected chi connectivity index (χ2v) is 7.75. The Bertz CT molecular complexity index is 887. The van der Waals surface area contributed by atoms with Crippen LogP contribution >= 0.6 is 0 Å². The summed E-state index contributed by atoms with van der Waals surface area (Å²) in [5, 5.41) is 12.0. The van der Waals surface area contributed by atoms with Crippen LogP contribution in [0.2, 0.25) is 0 Å². The van der Waals surface area contributed by atoms with Crippen LogP contribution in [-0.4, -0.2) is 30.1 Å². The fourth-order valence-electron chi connectivity index (χ4n) is 4.31. The zero-order valence-electron chi connectivity index (χ0n) is 15.8. The van der Waals surface area contributed by atoms with E-state index < -0.39 is 5.60 Å². The molecule has 1 N–H and O–H groups in total. The van der Waals surface area contributed by atoms with E-state index in [1.165, 1.54) is 0 Å². The summed E-state index contributed by atoms with van der Waals surface area (Å²) in [6.07, 6.45) is 0. The lowest BCUT2D eigenvalue weighted by Gasteiger charge is -2.56. The maximum atomic E-state index is 12.0. The van der Waals surface area contributed by atoms with Crippen LogP contribution in [0.3, 0.4) is 0 Å². The summed E-state index contributed by atoms with van der Waals surface area (Å²) in [5.41, 5.74) is 0.527. The lowest BCUT2D eigenvalue weighted by atomic mass is 9.62. The fourth-order valence-corrected chi connectivity index (χ4v) is 4.31. The van der Waals surface area contributed by atoms with Crippen LogP contribution < -0.4 is 4.74 Å². The number of nitrogens with zero attached hydrogens (tertiary/aromatic N) is 1. The van der Waals surface area contributed by atoms with Crippen molar-refractivity contribution in [1.29, 1.82) is 0 Å². The van der Waals surface area contributed by atoms with Crippen molar-refractivity contribution < 1.29 is 9.84 Å². The van der Waals surface area contributed by atoms with Crippen molar-refractivity contribution in [1.82, 2.24) is 4.90 Å². The molecule has 3 aromatic rings. The minimum atomic E-state index is -1.05. The number of hydrogen-bond acceptors (Lipinski definition) is 3. The van der Waals surface area contributed by atoms with Gasteiger partial charge in [0, 0.05) is 18.5 Å². The first-order chi connectivity index (χ1) is 13.0. The molecule has 0 unspecified atom stereocenters. The van der Waals surface area contributed by atoms with E-state index in [9.17, 15) is 5.11 Å². The van der Waals surface area contributed by atoms with Gasteiger partial charge in [-0.3, -0.25) is 0 Å². The van der Waals surface area contributed by atoms with Gasteiger partial charge in [0.2, 0.25) is 0 Å². The minimum Gasteiger partial charge on any atom is -0.457 e. The molecule has 1 atom stereocenters. The predicted molar refractivity (Wildman–Crippen MR) is 108 cm³/mol. The fraction of sp³-hybridized carbons (Fsp3) is 0.250. The summed E-state index contributed by atoms with van der Waals surface area (Å²) in [6.45, 7) is 3.86. The van der Waals surface area contributed by atoms with Crippen molar-refractivity contribution >= 4 is 0 Å². The predicted octanol–water partition coefficient (Wildman–Crippen LogP) is 4.67. The third-order valence-electron chi connectivity index (χ3n) is 5.55. The summed E-state index contributed by atoms with van der Waals surface area (Å²) in [7, 11) is 2.09. The van der Waals surface area contributed by atoms with Gasteiger partial charge in [0.25, 0.3) is 0 Å². The van der Waals surface area contributed by atoms with E-state index in [2.05, 4.69) is 18.9 Å². The zero-order valence-corrected chi connectivity index (χ0v) is 15.8. The Morgan fingerprint density at radius 3 is 1.81 bits per heavy atom. The third-order valence-corrected chi connectivity index (χ3v) is 5.55. The van der Waals surface area contributed by atoms with Gasteiger partial charge in [-0.15, -0.1) is 0 Å². The maximum Gasteiger partial charge on any atom is 0.127 e. The number of aliphatic hydroxyl groups is 1. The molecule has 4 rings (SSSR count). The molecular formula is C24H25NO2. The molecule has 0 bridgehead atoms. The van der Waals surface area contributed by atoms with Crippen molar-refractivity contribution in [2.75, 3.05) is 20.1 Å². The van der Waals surface area contributed by atoms with Crippen LogP contribution in [0.4, 0.5) is 0 Å². The number of benzene rings is 3. The monoisotopic (exact) mass is 359 g/mol. The van der Waals surface area contributed by atoms with E-state index >= 15 is 0 Å². The van der Waals surface area contributed by atoms with E-state index in [0.717, 1.165) is 35.7 Å². The average molecular weight is 359 g/mol. The molecule has 138 valence electrons. The molecule has 1 aliphatic rings. The Labute approximate surface area is 160 Å². The molecule has 0 aromatic heterocycles. The standard InChI is InChI=1S/C24H25NO2/c1-23(17-25(2)18-23)24(26,19-9-5-3-6-10-19)20-13-15-22(16-14-20)27-21-11-7-4-8-12-21/h3-16,26H,17-18H2,1-2H3/t24-/m0/s1. The molecular weight excluding hydrogens is 334 g/mol. The van der Waals surface area contributed by atoms with E-state index in [0.29, 0.717) is 0 Å². The molecule has 1 fully saturated rings. The largest absolute Gasteiger partial charge is 0.457 e. The highest BCUT2D eigenvalue weighted by Crippen LogP contribution is 2.50. The van der Waals surface area contributed by atoms with Crippen molar-refractivity contribution in [3.05, 3.63) is 96.1 Å². The van der Waals surface area contributed by atoms with E-state index in [1.807, 2.05) is 84.9 Å². The molecule has 0 saturated carbocycles. The molecule has 3 heteroatoms. The Kier molecular flexibility index (Phi) is 4.50. The van der Waals surface area contributed by atoms with E-state index in [1.54, 1.807) is 0 Å². The van der Waals surface area contributed by atoms with Crippen LogP contribution in [-0.2, 0) is 5.60 Å². The van der Waals surface area contributed by atoms with Crippen LogP contribution in [0.15, 0.2) is 84.9 Å². The lowest BCUT2D eigenvalue weighted by molar-refractivity contribution is -0.127. The van der Waals surface area contributed by atoms with Crippen LogP contribution in [0.25, 0.3) is 0 Å². The summed E-state index contributed by atoms with van der Waals surface area (Å²) in [6, 6.07) is 27.5. The van der Waals surface area contributed by atoms with Gasteiger partial charge in [-0.05, 0) is 42.4 Å². The Morgan fingerprint density at radius 2 is 1.26 bits per heavy atom. The highest BCUT2D eigenvalue weighted by Gasteiger charge is 2.55. The number of hydrogen-bond donors (Lipinski definition) is 1. The second-order valence-electron chi connectivity index (χ2n) is 7.75. The Balaban J connectivity index is 1.69. The first-order valence-corrected chi connectivity index (χ1v) is 9.31. The van der Waals surface area contributed by atoms with Crippen molar-refractivity contribution in [2.45, 2.75) is 12.5 Å². The highest BCUT2D eigenvalue weighted by atomic mass is 16.5. The van der Waals surface area contributed by atoms with Crippen molar-refractivity contribution in [3.8, 4) is 11.5 Å². The zero-order chi connectivity index (χ0) is 18.9. The summed E-state index contributed by atoms with van der Waals surface area (Å²) < 4.78 is 5.90. The van der Waals surface area contributed by atoms with Gasteiger partial charge in [-0.2, -0.15) is 0 Å². The molecule has 0 aliphatic carbocycles. The van der Waals surface area contributed by atoms with Crippen LogP contribution in [0.1, 0.15) is 18.1 Å². The molecule has 0 amide bonds. The molecule has 1 aliphatic heterocycles. The maximum absolute atomic E-state index is 12.0. The van der Waals surface area contributed by atoms with E-state index in [4.69, 9.17) is 4.74 Å². The summed E-state index contributed by atoms with van der Waals surface area (Å²) >= 11 is 0. The third kappa shape index (κ3) is 3.14. The first-order valence-electron chi connectivity index (χ1n) is 9.31. The average Bonchev–Trinajstić information content (AvgIpc) is 2.68. The van der Waals surface area contributed by atoms with Crippen molar-refractivity contribution in [2.24, 2.45) is 5.41 Å². The smallest absolute Gasteiger partial charge is 0.127 e. The van der Waals surface area contributed by atoms with Gasteiger partial charge < -0.3 is 14.7 Å². The number of likely N-dealkylation sites (tertiary alicyclic amines) is 1. The number of para-hydroxylation sites is 1. The Hall–Kier alpha value is -2.62. The number of ether oxygens (including phenoxy) is 1. The first kappa shape index (κ1) is 17.8. The summed E-state index contributed by atoms with van der Waals surface area (Å²) in [5.74, 6) is 1.56. The van der Waals surface area contributed by atoms with Crippen LogP contribution in [0.5, 0.6) is 11.5 Å². The topological polar surface area (TPSA) is 32.7 Å². The Morgan fingerprint density at radius 1 is 0.778 bits per heavy atom. The molecule has 0 spiro atoms. The highest BCUT2D eigenvalue weighted by molar-refractivity contribution is 5.43. The quantitative estimate of drug-likeness (QED) is 0.719. The number of rotatable bonds is 5. The molecule has 27 heavy (non-hydrogen) atoms. The SMILES string of the molecule is CN1CC(C)([C@](O)(c2ccccc2)c2ccc(Oc3ccccc3)cc2)C1. The lowest BCUT2D eigenvalue weighted by Crippen LogP contribution is -2.63. The molecule has 3 nitrogen and oxygen atoms in total. The normalized spacial score (nSPS) is 18.3. The van der Waals surface area contributed by atoms with Gasteiger partial charge in [0.05, 0.1) is 0 Å². The second kappa shape index (κ2) is 6.84. The molecule has 1 heterocycles. The van der Waals surface area contributed by atoms with Gasteiger partial charge >= 0.3 is 0 Å². The van der Waals surface area contributed by atoms with Gasteiger partial charge in [0.1, 0.15) is 17.1 Å². The summed E-state index contributed by atoms with van der Waals surface area (Å²) in [4.78, 5) is 2.24. The van der Waals surface area contributed by atoms with Gasteiger partial charge in [-0.1, -0.05) is 67.6 Å². The van der Waals surface area contributed by atoms with Crippen LogP contribution in [0, 0.1) is 5.41 Å². The molecule has 0 radical (unpaired) electrons. The van der Waals surface area contributed by atoms with Gasteiger partial charge in [-0.25, -0.2) is 0 Å². The molecule has 3 aromatic carbocycles. The van der Waals surface area contributed by atoms with E-state index in [-0.39, 0.29) is 5.41 Å². The minimum absolute atomic E-state index is 0.245. The molecule has 1 saturated heterocycles. The van der Waals surface area contributed by atoms with Gasteiger partial charge in [0.15, 0.2) is 0 Å².